The van der Waals surface area contributed by atoms with E-state index >= 15 is 0 Å². The molecule has 1 aromatic carbocycles. The third-order valence-corrected chi connectivity index (χ3v) is 3.66. The predicted molar refractivity (Wildman–Crippen MR) is 79.6 cm³/mol. The van der Waals surface area contributed by atoms with Gasteiger partial charge in [-0.15, -0.1) is 0 Å². The van der Waals surface area contributed by atoms with Crippen LogP contribution < -0.4 is 16.6 Å². The van der Waals surface area contributed by atoms with Crippen LogP contribution in [0, 0.1) is 22.9 Å². The summed E-state index contributed by atoms with van der Waals surface area (Å²) in [6.07, 6.45) is 0. The summed E-state index contributed by atoms with van der Waals surface area (Å²) in [5.41, 5.74) is 2.88. The largest absolute Gasteiger partial charge is 0.384 e. The Hall–Kier alpha value is -3.56. The van der Waals surface area contributed by atoms with Crippen LogP contribution >= 0.6 is 0 Å². The number of nitro groups is 1. The van der Waals surface area contributed by atoms with Crippen LogP contribution in [0.15, 0.2) is 23.0 Å². The Morgan fingerprint density at radius 1 is 1.25 bits per heavy atom. The minimum absolute atomic E-state index is 0.0444. The molecule has 1 aliphatic rings. The van der Waals surface area contributed by atoms with Crippen molar-refractivity contribution in [1.82, 2.24) is 9.88 Å². The molecule has 0 saturated heterocycles. The molecular weight excluding hydrogens is 323 g/mol. The number of nitrogens with one attached hydrogen (secondary N) is 1. The number of hydrogen-bond acceptors (Lipinski definition) is 6. The predicted octanol–water partition coefficient (Wildman–Crippen LogP) is 0.659. The number of nitrogens with zero attached hydrogens (tertiary/aromatic N) is 2. The monoisotopic (exact) mass is 332 g/mol. The molecule has 0 aliphatic carbocycles. The molecule has 10 heteroatoms. The van der Waals surface area contributed by atoms with Crippen molar-refractivity contribution >= 4 is 23.3 Å². The summed E-state index contributed by atoms with van der Waals surface area (Å²) in [4.78, 5) is 46.0. The number of carbonyl (C=O) groups excluding carboxylic acids is 2. The lowest BCUT2D eigenvalue weighted by Crippen LogP contribution is -2.25. The molecule has 0 unspecified atom stereocenters. The second-order valence-corrected chi connectivity index (χ2v) is 5.10. The molecule has 24 heavy (non-hydrogen) atoms. The van der Waals surface area contributed by atoms with Crippen molar-refractivity contribution in [2.45, 2.75) is 6.92 Å². The number of nitro benzene ring substituents is 1. The molecule has 0 atom stereocenters. The first-order chi connectivity index (χ1) is 11.2. The van der Waals surface area contributed by atoms with Crippen LogP contribution in [-0.2, 0) is 0 Å². The van der Waals surface area contributed by atoms with Gasteiger partial charge in [0, 0.05) is 12.1 Å². The summed E-state index contributed by atoms with van der Waals surface area (Å²) in [7, 11) is 0. The van der Waals surface area contributed by atoms with Crippen molar-refractivity contribution in [2.24, 2.45) is 0 Å². The van der Waals surface area contributed by atoms with E-state index in [2.05, 4.69) is 0 Å². The molecule has 1 aromatic heterocycles. The average molecular weight is 332 g/mol. The van der Waals surface area contributed by atoms with Crippen LogP contribution in [0.1, 0.15) is 26.3 Å². The summed E-state index contributed by atoms with van der Waals surface area (Å²) in [6.45, 7) is 1.35. The fourth-order valence-corrected chi connectivity index (χ4v) is 2.53. The molecule has 2 aromatic rings. The van der Waals surface area contributed by atoms with Gasteiger partial charge < -0.3 is 5.73 Å². The number of fused-ring (bicyclic) bond motifs is 1. The molecule has 0 fully saturated rings. The van der Waals surface area contributed by atoms with Gasteiger partial charge in [-0.2, -0.15) is 0 Å². The molecule has 3 N–H and O–H groups in total. The molecule has 3 rings (SSSR count). The maximum absolute atomic E-state index is 14.5. The van der Waals surface area contributed by atoms with Gasteiger partial charge in [0.1, 0.15) is 5.82 Å². The van der Waals surface area contributed by atoms with Crippen molar-refractivity contribution in [1.29, 1.82) is 0 Å². The molecule has 0 spiro atoms. The fourth-order valence-electron chi connectivity index (χ4n) is 2.53. The molecule has 122 valence electrons. The number of aromatic nitrogens is 1. The topological polar surface area (TPSA) is 137 Å². The van der Waals surface area contributed by atoms with E-state index in [1.807, 2.05) is 5.32 Å². The van der Waals surface area contributed by atoms with E-state index in [9.17, 15) is 28.9 Å². The van der Waals surface area contributed by atoms with E-state index in [0.29, 0.717) is 4.57 Å². The van der Waals surface area contributed by atoms with E-state index in [-0.39, 0.29) is 16.7 Å². The molecular formula is C14H9FN4O5. The lowest BCUT2D eigenvalue weighted by atomic mass is 10.1. The molecule has 0 radical (unpaired) electrons. The lowest BCUT2D eigenvalue weighted by molar-refractivity contribution is -0.384. The maximum atomic E-state index is 14.5. The van der Waals surface area contributed by atoms with Gasteiger partial charge in [0.25, 0.3) is 23.1 Å². The SMILES string of the molecule is Cc1ccc([N+](=O)[O-])c(-n2c(N)c3c(cc2=O)C(=O)NC3=O)c1F. The van der Waals surface area contributed by atoms with Crippen molar-refractivity contribution in [3.8, 4) is 5.69 Å². The molecule has 2 heterocycles. The second-order valence-electron chi connectivity index (χ2n) is 5.10. The fraction of sp³-hybridized carbons (Fsp3) is 0.0714. The van der Waals surface area contributed by atoms with Gasteiger partial charge in [-0.1, -0.05) is 0 Å². The number of benzene rings is 1. The third kappa shape index (κ3) is 1.96. The Balaban J connectivity index is 2.46. The standard InChI is InChI=1S/C14H9FN4O5/c1-5-2-3-7(19(23)24)11(10(5)15)18-8(20)4-6-9(12(18)16)14(22)17-13(6)21/h2-4H,16H2,1H3,(H,17,21,22). The Bertz CT molecular complexity index is 1010. The summed E-state index contributed by atoms with van der Waals surface area (Å²) in [6, 6.07) is 3.00. The van der Waals surface area contributed by atoms with Gasteiger partial charge in [-0.05, 0) is 18.6 Å². The zero-order valence-corrected chi connectivity index (χ0v) is 12.1. The number of anilines is 1. The Kier molecular flexibility index (Phi) is 3.18. The first kappa shape index (κ1) is 15.3. The van der Waals surface area contributed by atoms with Gasteiger partial charge >= 0.3 is 0 Å². The number of pyridine rings is 1. The van der Waals surface area contributed by atoms with Gasteiger partial charge in [-0.3, -0.25) is 34.4 Å². The molecule has 0 saturated carbocycles. The number of rotatable bonds is 2. The number of amides is 2. The van der Waals surface area contributed by atoms with Gasteiger partial charge in [0.05, 0.1) is 16.1 Å². The molecule has 1 aliphatic heterocycles. The maximum Gasteiger partial charge on any atom is 0.296 e. The minimum Gasteiger partial charge on any atom is -0.384 e. The van der Waals surface area contributed by atoms with E-state index < -0.39 is 45.3 Å². The van der Waals surface area contributed by atoms with E-state index in [1.165, 1.54) is 13.0 Å². The van der Waals surface area contributed by atoms with Crippen molar-refractivity contribution < 1.29 is 18.9 Å². The van der Waals surface area contributed by atoms with Crippen molar-refractivity contribution in [3.63, 3.8) is 0 Å². The van der Waals surface area contributed by atoms with Crippen LogP contribution in [0.2, 0.25) is 0 Å². The van der Waals surface area contributed by atoms with Crippen LogP contribution in [0.5, 0.6) is 0 Å². The second kappa shape index (κ2) is 4.98. The first-order valence-corrected chi connectivity index (χ1v) is 6.59. The smallest absolute Gasteiger partial charge is 0.296 e. The normalized spacial score (nSPS) is 12.9. The number of nitrogens with two attached hydrogens (primary N) is 1. The molecule has 9 nitrogen and oxygen atoms in total. The van der Waals surface area contributed by atoms with Gasteiger partial charge in [-0.25, -0.2) is 4.39 Å². The highest BCUT2D eigenvalue weighted by atomic mass is 19.1. The van der Waals surface area contributed by atoms with Crippen LogP contribution in [-0.4, -0.2) is 21.3 Å². The highest BCUT2D eigenvalue weighted by molar-refractivity contribution is 6.23. The van der Waals surface area contributed by atoms with Gasteiger partial charge in [0.2, 0.25) is 0 Å². The van der Waals surface area contributed by atoms with Crippen molar-refractivity contribution in [2.75, 3.05) is 5.73 Å². The van der Waals surface area contributed by atoms with Crippen LogP contribution in [0.25, 0.3) is 5.69 Å². The first-order valence-electron chi connectivity index (χ1n) is 6.59. The summed E-state index contributed by atoms with van der Waals surface area (Å²) < 4.78 is 15.0. The third-order valence-electron chi connectivity index (χ3n) is 3.66. The summed E-state index contributed by atoms with van der Waals surface area (Å²) in [5.74, 6) is -3.25. The number of halogens is 1. The van der Waals surface area contributed by atoms with Crippen molar-refractivity contribution in [3.05, 3.63) is 61.2 Å². The number of hydrogen-bond donors (Lipinski definition) is 2. The van der Waals surface area contributed by atoms with Crippen LogP contribution in [0.4, 0.5) is 15.9 Å². The highest BCUT2D eigenvalue weighted by Gasteiger charge is 2.34. The van der Waals surface area contributed by atoms with Gasteiger partial charge in [0.15, 0.2) is 11.5 Å². The Morgan fingerprint density at radius 2 is 1.92 bits per heavy atom. The van der Waals surface area contributed by atoms with Crippen LogP contribution in [0.3, 0.4) is 0 Å². The Labute approximate surface area is 132 Å². The molecule has 2 amide bonds. The number of nitrogen functional groups attached to an aromatic ring is 1. The number of carbonyl (C=O) groups is 2. The Morgan fingerprint density at radius 3 is 2.54 bits per heavy atom. The number of aryl methyl sites for hydroxylation is 1. The zero-order valence-electron chi connectivity index (χ0n) is 12.1. The lowest BCUT2D eigenvalue weighted by Gasteiger charge is -2.13. The quantitative estimate of drug-likeness (QED) is 0.471. The average Bonchev–Trinajstić information content (AvgIpc) is 2.77. The van der Waals surface area contributed by atoms with E-state index in [1.54, 1.807) is 0 Å². The number of imide groups is 1. The van der Waals surface area contributed by atoms with E-state index in [4.69, 9.17) is 5.73 Å². The summed E-state index contributed by atoms with van der Waals surface area (Å²) in [5, 5.41) is 13.1. The zero-order chi connectivity index (χ0) is 17.8. The van der Waals surface area contributed by atoms with E-state index in [0.717, 1.165) is 12.1 Å². The molecule has 0 bridgehead atoms. The summed E-state index contributed by atoms with van der Waals surface area (Å²) >= 11 is 0. The highest BCUT2D eigenvalue weighted by Crippen LogP contribution is 2.31. The minimum atomic E-state index is -1.03.